The van der Waals surface area contributed by atoms with E-state index in [4.69, 9.17) is 0 Å². The van der Waals surface area contributed by atoms with Gasteiger partial charge >= 0.3 is 0 Å². The monoisotopic (exact) mass is 571 g/mol. The molecule has 2 amide bonds. The fraction of sp³-hybridized carbons (Fsp3) is 0.219. The van der Waals surface area contributed by atoms with Crippen LogP contribution in [0.25, 0.3) is 11.3 Å². The summed E-state index contributed by atoms with van der Waals surface area (Å²) >= 11 is 0. The Labute approximate surface area is 242 Å². The zero-order valence-corrected chi connectivity index (χ0v) is 23.5. The Morgan fingerprint density at radius 2 is 1.76 bits per heavy atom. The third kappa shape index (κ3) is 5.80. The highest BCUT2D eigenvalue weighted by Crippen LogP contribution is 2.36. The summed E-state index contributed by atoms with van der Waals surface area (Å²) in [5, 5.41) is 8.11. The standard InChI is InChI=1S/C32H31F2N5O3/c1-19(35-2)30(40)37-27-8-10-29(21-5-4-6-23(15-21)31(41)36-3)39(32(27)42)18-20-13-25(34)17-26(14-20)38-12-11-22-16-24(33)7-9-28(22)38/h4-10,13-17,19,35H,11-12,18H2,1-3H3,(H,36,41)(H,37,40). The van der Waals surface area contributed by atoms with Crippen molar-refractivity contribution in [1.29, 1.82) is 0 Å². The van der Waals surface area contributed by atoms with Gasteiger partial charge in [-0.15, -0.1) is 0 Å². The molecule has 0 fully saturated rings. The Morgan fingerprint density at radius 1 is 0.952 bits per heavy atom. The minimum Gasteiger partial charge on any atom is -0.355 e. The van der Waals surface area contributed by atoms with Crippen molar-refractivity contribution < 1.29 is 18.4 Å². The summed E-state index contributed by atoms with van der Waals surface area (Å²) in [5.74, 6) is -1.47. The third-order valence-corrected chi connectivity index (χ3v) is 7.44. The average Bonchev–Trinajstić information content (AvgIpc) is 3.41. The summed E-state index contributed by atoms with van der Waals surface area (Å²) in [5.41, 5.74) is 3.82. The molecule has 3 aromatic carbocycles. The van der Waals surface area contributed by atoms with Gasteiger partial charge < -0.3 is 25.4 Å². The molecule has 3 N–H and O–H groups in total. The zero-order valence-electron chi connectivity index (χ0n) is 23.5. The Morgan fingerprint density at radius 3 is 2.52 bits per heavy atom. The summed E-state index contributed by atoms with van der Waals surface area (Å²) < 4.78 is 30.3. The number of fused-ring (bicyclic) bond motifs is 1. The lowest BCUT2D eigenvalue weighted by molar-refractivity contribution is -0.117. The van der Waals surface area contributed by atoms with Crippen LogP contribution in [0.5, 0.6) is 0 Å². The molecule has 2 heterocycles. The molecule has 8 nitrogen and oxygen atoms in total. The number of anilines is 3. The Kier molecular flexibility index (Phi) is 8.17. The van der Waals surface area contributed by atoms with Crippen molar-refractivity contribution >= 4 is 28.9 Å². The molecular weight excluding hydrogens is 540 g/mol. The number of carbonyl (C=O) groups excluding carboxylic acids is 2. The summed E-state index contributed by atoms with van der Waals surface area (Å²) in [6.07, 6.45) is 0.622. The zero-order chi connectivity index (χ0) is 30.0. The van der Waals surface area contributed by atoms with Gasteiger partial charge in [0.1, 0.15) is 17.3 Å². The van der Waals surface area contributed by atoms with E-state index in [2.05, 4.69) is 16.0 Å². The number of likely N-dealkylation sites (N-methyl/N-ethyl adjacent to an activating group) is 1. The van der Waals surface area contributed by atoms with Gasteiger partial charge in [0.2, 0.25) is 5.91 Å². The van der Waals surface area contributed by atoms with Crippen molar-refractivity contribution in [2.45, 2.75) is 25.9 Å². The minimum absolute atomic E-state index is 0.0153. The second-order valence-corrected chi connectivity index (χ2v) is 10.2. The number of pyridine rings is 1. The Bertz CT molecular complexity index is 1740. The van der Waals surface area contributed by atoms with Crippen LogP contribution in [0.1, 0.15) is 28.4 Å². The lowest BCUT2D eigenvalue weighted by Crippen LogP contribution is -2.37. The summed E-state index contributed by atoms with van der Waals surface area (Å²) in [6.45, 7) is 2.22. The van der Waals surface area contributed by atoms with Crippen LogP contribution in [0, 0.1) is 11.6 Å². The predicted molar refractivity (Wildman–Crippen MR) is 159 cm³/mol. The average molecular weight is 572 g/mol. The van der Waals surface area contributed by atoms with Gasteiger partial charge in [-0.1, -0.05) is 12.1 Å². The van der Waals surface area contributed by atoms with Crippen LogP contribution in [0.2, 0.25) is 0 Å². The fourth-order valence-corrected chi connectivity index (χ4v) is 5.12. The highest BCUT2D eigenvalue weighted by molar-refractivity contribution is 5.95. The SMILES string of the molecule is CNC(=O)c1cccc(-c2ccc(NC(=O)C(C)NC)c(=O)n2Cc2cc(F)cc(N3CCc4cc(F)ccc43)c2)c1. The molecule has 0 spiro atoms. The maximum Gasteiger partial charge on any atom is 0.275 e. The number of halogens is 2. The number of nitrogens with one attached hydrogen (secondary N) is 3. The van der Waals surface area contributed by atoms with Crippen LogP contribution < -0.4 is 26.4 Å². The number of nitrogens with zero attached hydrogens (tertiary/aromatic N) is 2. The Hall–Kier alpha value is -4.83. The second kappa shape index (κ2) is 12.0. The number of hydrogen-bond acceptors (Lipinski definition) is 5. The summed E-state index contributed by atoms with van der Waals surface area (Å²) in [4.78, 5) is 40.6. The molecule has 1 aromatic heterocycles. The van der Waals surface area contributed by atoms with Crippen LogP contribution in [-0.4, -0.2) is 43.1 Å². The molecular formula is C32H31F2N5O3. The molecule has 0 saturated carbocycles. The first-order chi connectivity index (χ1) is 20.2. The van der Waals surface area contributed by atoms with E-state index in [1.165, 1.54) is 41.9 Å². The van der Waals surface area contributed by atoms with Crippen LogP contribution in [0.4, 0.5) is 25.8 Å². The molecule has 1 unspecified atom stereocenters. The van der Waals surface area contributed by atoms with Crippen molar-refractivity contribution in [2.24, 2.45) is 0 Å². The van der Waals surface area contributed by atoms with Gasteiger partial charge in [0.15, 0.2) is 0 Å². The molecule has 5 rings (SSSR count). The number of hydrogen-bond donors (Lipinski definition) is 3. The maximum atomic E-state index is 15.0. The first kappa shape index (κ1) is 28.7. The van der Waals surface area contributed by atoms with Crippen LogP contribution in [0.15, 0.2) is 77.6 Å². The summed E-state index contributed by atoms with van der Waals surface area (Å²) in [6, 6.07) is 18.6. The van der Waals surface area contributed by atoms with Crippen LogP contribution in [-0.2, 0) is 17.8 Å². The predicted octanol–water partition coefficient (Wildman–Crippen LogP) is 4.44. The van der Waals surface area contributed by atoms with Gasteiger partial charge in [-0.25, -0.2) is 8.78 Å². The first-order valence-electron chi connectivity index (χ1n) is 13.6. The lowest BCUT2D eigenvalue weighted by Gasteiger charge is -2.22. The number of amides is 2. The van der Waals surface area contributed by atoms with E-state index in [0.717, 1.165) is 11.3 Å². The number of benzene rings is 3. The highest BCUT2D eigenvalue weighted by Gasteiger charge is 2.23. The molecule has 4 aromatic rings. The van der Waals surface area contributed by atoms with E-state index < -0.39 is 17.4 Å². The van der Waals surface area contributed by atoms with Gasteiger partial charge in [-0.3, -0.25) is 14.4 Å². The molecule has 1 aliphatic heterocycles. The van der Waals surface area contributed by atoms with E-state index in [-0.39, 0.29) is 29.9 Å². The van der Waals surface area contributed by atoms with E-state index in [1.807, 2.05) is 4.90 Å². The molecule has 216 valence electrons. The molecule has 0 aliphatic carbocycles. The largest absolute Gasteiger partial charge is 0.355 e. The van der Waals surface area contributed by atoms with E-state index in [1.54, 1.807) is 56.4 Å². The second-order valence-electron chi connectivity index (χ2n) is 10.2. The fourth-order valence-electron chi connectivity index (χ4n) is 5.12. The van der Waals surface area contributed by atoms with Gasteiger partial charge in [-0.05, 0) is 97.7 Å². The summed E-state index contributed by atoms with van der Waals surface area (Å²) in [7, 11) is 3.17. The first-order valence-corrected chi connectivity index (χ1v) is 13.6. The quantitative estimate of drug-likeness (QED) is 0.291. The topological polar surface area (TPSA) is 95.5 Å². The van der Waals surface area contributed by atoms with Gasteiger partial charge in [0.05, 0.1) is 18.3 Å². The van der Waals surface area contributed by atoms with E-state index in [9.17, 15) is 18.8 Å². The lowest BCUT2D eigenvalue weighted by atomic mass is 10.1. The normalized spacial score (nSPS) is 13.0. The van der Waals surface area contributed by atoms with Crippen LogP contribution >= 0.6 is 0 Å². The molecule has 1 atom stereocenters. The van der Waals surface area contributed by atoms with Gasteiger partial charge in [0, 0.05) is 30.5 Å². The van der Waals surface area contributed by atoms with Crippen molar-refractivity contribution in [1.82, 2.24) is 15.2 Å². The molecule has 10 heteroatoms. The van der Waals surface area contributed by atoms with Crippen molar-refractivity contribution in [3.05, 3.63) is 111 Å². The molecule has 0 saturated heterocycles. The number of carbonyl (C=O) groups is 2. The number of rotatable bonds is 8. The van der Waals surface area contributed by atoms with Gasteiger partial charge in [-0.2, -0.15) is 0 Å². The smallest absolute Gasteiger partial charge is 0.275 e. The van der Waals surface area contributed by atoms with Crippen molar-refractivity contribution in [3.8, 4) is 11.3 Å². The van der Waals surface area contributed by atoms with E-state index in [0.29, 0.717) is 41.0 Å². The Balaban J connectivity index is 1.58. The minimum atomic E-state index is -0.538. The molecule has 1 aliphatic rings. The third-order valence-electron chi connectivity index (χ3n) is 7.44. The van der Waals surface area contributed by atoms with Gasteiger partial charge in [0.25, 0.3) is 11.5 Å². The van der Waals surface area contributed by atoms with Crippen LogP contribution in [0.3, 0.4) is 0 Å². The number of aromatic nitrogens is 1. The van der Waals surface area contributed by atoms with E-state index >= 15 is 4.39 Å². The molecule has 0 radical (unpaired) electrons. The highest BCUT2D eigenvalue weighted by atomic mass is 19.1. The van der Waals surface area contributed by atoms with Crippen molar-refractivity contribution in [3.63, 3.8) is 0 Å². The molecule has 0 bridgehead atoms. The van der Waals surface area contributed by atoms with Crippen molar-refractivity contribution in [2.75, 3.05) is 30.9 Å². The molecule has 42 heavy (non-hydrogen) atoms. The maximum absolute atomic E-state index is 15.0.